The van der Waals surface area contributed by atoms with E-state index in [-0.39, 0.29) is 23.5 Å². The second kappa shape index (κ2) is 11.0. The summed E-state index contributed by atoms with van der Waals surface area (Å²) in [5.74, 6) is -0.973. The van der Waals surface area contributed by atoms with E-state index in [1.54, 1.807) is 44.2 Å². The number of hydrogen-bond acceptors (Lipinski definition) is 7. The lowest BCUT2D eigenvalue weighted by Gasteiger charge is -2.13. The van der Waals surface area contributed by atoms with Gasteiger partial charge in [-0.3, -0.25) is 24.1 Å². The van der Waals surface area contributed by atoms with Gasteiger partial charge in [0.2, 0.25) is 0 Å². The maximum absolute atomic E-state index is 12.5. The lowest BCUT2D eigenvalue weighted by atomic mass is 10.1. The number of hydrogen-bond donors (Lipinski definition) is 1. The maximum Gasteiger partial charge on any atom is 0.326 e. The van der Waals surface area contributed by atoms with Crippen molar-refractivity contribution in [3.05, 3.63) is 64.1 Å². The highest BCUT2D eigenvalue weighted by Gasteiger charge is 2.36. The fourth-order valence-corrected chi connectivity index (χ4v) is 4.00. The van der Waals surface area contributed by atoms with Gasteiger partial charge in [0.05, 0.1) is 11.0 Å². The van der Waals surface area contributed by atoms with Crippen molar-refractivity contribution < 1.29 is 28.7 Å². The summed E-state index contributed by atoms with van der Waals surface area (Å²) < 4.78 is 10.5. The number of anilines is 1. The summed E-state index contributed by atoms with van der Waals surface area (Å²) in [7, 11) is 0. The molecule has 0 atom stereocenters. The zero-order chi connectivity index (χ0) is 24.8. The molecule has 0 aromatic heterocycles. The van der Waals surface area contributed by atoms with Crippen molar-refractivity contribution >= 4 is 46.5 Å². The molecule has 2 aromatic carbocycles. The first-order valence-electron chi connectivity index (χ1n) is 10.7. The predicted octanol–water partition coefficient (Wildman–Crippen LogP) is 4.31. The van der Waals surface area contributed by atoms with E-state index in [9.17, 15) is 19.2 Å². The Kier molecular flexibility index (Phi) is 8.12. The lowest BCUT2D eigenvalue weighted by molar-refractivity contribution is -0.149. The standard InChI is InChI=1S/C25H26N2O6S/c1-15(2)33-23(29)13-27-24(30)21(34-25(27)31)12-18-6-8-19(9-7-18)32-14-22(28)26-20-10-5-16(3)11-17(20)4/h5-12,15H,13-14H2,1-4H3,(H,26,28)/b21-12-. The fourth-order valence-electron chi connectivity index (χ4n) is 3.17. The van der Waals surface area contributed by atoms with E-state index in [1.807, 2.05) is 32.0 Å². The summed E-state index contributed by atoms with van der Waals surface area (Å²) in [5, 5.41) is 2.30. The number of aryl methyl sites for hydroxylation is 2. The molecule has 1 aliphatic rings. The van der Waals surface area contributed by atoms with Crippen LogP contribution in [0.4, 0.5) is 10.5 Å². The molecule has 0 bridgehead atoms. The molecule has 8 nitrogen and oxygen atoms in total. The second-order valence-corrected chi connectivity index (χ2v) is 9.02. The van der Waals surface area contributed by atoms with Crippen molar-refractivity contribution in [3.63, 3.8) is 0 Å². The van der Waals surface area contributed by atoms with Crippen LogP contribution in [0.5, 0.6) is 5.75 Å². The molecular weight excluding hydrogens is 456 g/mol. The van der Waals surface area contributed by atoms with Crippen molar-refractivity contribution in [1.29, 1.82) is 0 Å². The molecule has 1 aliphatic heterocycles. The Morgan fingerprint density at radius 2 is 1.79 bits per heavy atom. The Hall–Kier alpha value is -3.59. The van der Waals surface area contributed by atoms with Gasteiger partial charge in [-0.25, -0.2) is 0 Å². The molecule has 1 fully saturated rings. The van der Waals surface area contributed by atoms with Crippen LogP contribution in [0, 0.1) is 13.8 Å². The third-order valence-corrected chi connectivity index (χ3v) is 5.64. The van der Waals surface area contributed by atoms with Crippen LogP contribution < -0.4 is 10.1 Å². The van der Waals surface area contributed by atoms with Crippen LogP contribution in [0.15, 0.2) is 47.4 Å². The first-order chi connectivity index (χ1) is 16.1. The predicted molar refractivity (Wildman–Crippen MR) is 130 cm³/mol. The van der Waals surface area contributed by atoms with Gasteiger partial charge in [0.15, 0.2) is 6.61 Å². The monoisotopic (exact) mass is 482 g/mol. The van der Waals surface area contributed by atoms with Crippen LogP contribution in [0.3, 0.4) is 0 Å². The number of nitrogens with zero attached hydrogens (tertiary/aromatic N) is 1. The molecule has 2 aromatic rings. The quantitative estimate of drug-likeness (QED) is 0.442. The van der Waals surface area contributed by atoms with Crippen molar-refractivity contribution in [2.24, 2.45) is 0 Å². The van der Waals surface area contributed by atoms with Gasteiger partial charge in [0.25, 0.3) is 17.1 Å². The zero-order valence-corrected chi connectivity index (χ0v) is 20.2. The second-order valence-electron chi connectivity index (χ2n) is 8.03. The van der Waals surface area contributed by atoms with E-state index in [2.05, 4.69) is 5.32 Å². The van der Waals surface area contributed by atoms with Gasteiger partial charge in [-0.05, 0) is 74.9 Å². The molecule has 0 aliphatic carbocycles. The maximum atomic E-state index is 12.5. The Morgan fingerprint density at radius 1 is 1.09 bits per heavy atom. The minimum absolute atomic E-state index is 0.155. The van der Waals surface area contributed by atoms with Crippen molar-refractivity contribution in [2.75, 3.05) is 18.5 Å². The highest BCUT2D eigenvalue weighted by Crippen LogP contribution is 2.32. The van der Waals surface area contributed by atoms with Gasteiger partial charge < -0.3 is 14.8 Å². The third-order valence-electron chi connectivity index (χ3n) is 4.73. The summed E-state index contributed by atoms with van der Waals surface area (Å²) in [4.78, 5) is 49.7. The molecule has 0 saturated carbocycles. The summed E-state index contributed by atoms with van der Waals surface area (Å²) >= 11 is 0.765. The largest absolute Gasteiger partial charge is 0.484 e. The van der Waals surface area contributed by atoms with E-state index in [4.69, 9.17) is 9.47 Å². The summed E-state index contributed by atoms with van der Waals surface area (Å²) in [6.45, 7) is 6.72. The third kappa shape index (κ3) is 6.71. The smallest absolute Gasteiger partial charge is 0.326 e. The van der Waals surface area contributed by atoms with Crippen LogP contribution in [0.25, 0.3) is 6.08 Å². The molecule has 0 radical (unpaired) electrons. The molecule has 178 valence electrons. The van der Waals surface area contributed by atoms with E-state index >= 15 is 0 Å². The average molecular weight is 483 g/mol. The number of carbonyl (C=O) groups excluding carboxylic acids is 4. The molecule has 9 heteroatoms. The van der Waals surface area contributed by atoms with Crippen LogP contribution >= 0.6 is 11.8 Å². The van der Waals surface area contributed by atoms with Gasteiger partial charge in [0.1, 0.15) is 12.3 Å². The Labute approximate surface area is 202 Å². The van der Waals surface area contributed by atoms with Crippen molar-refractivity contribution in [1.82, 2.24) is 4.90 Å². The average Bonchev–Trinajstić information content (AvgIpc) is 3.02. The first-order valence-corrected chi connectivity index (χ1v) is 11.5. The number of nitrogens with one attached hydrogen (secondary N) is 1. The molecular formula is C25H26N2O6S. The van der Waals surface area contributed by atoms with Gasteiger partial charge in [0, 0.05) is 5.69 Å². The van der Waals surface area contributed by atoms with E-state index in [0.717, 1.165) is 33.5 Å². The lowest BCUT2D eigenvalue weighted by Crippen LogP contribution is -2.35. The highest BCUT2D eigenvalue weighted by molar-refractivity contribution is 8.18. The minimum Gasteiger partial charge on any atom is -0.484 e. The van der Waals surface area contributed by atoms with Crippen molar-refractivity contribution in [2.45, 2.75) is 33.8 Å². The molecule has 0 unspecified atom stereocenters. The van der Waals surface area contributed by atoms with Crippen LogP contribution in [-0.2, 0) is 19.1 Å². The van der Waals surface area contributed by atoms with E-state index in [1.165, 1.54) is 0 Å². The van der Waals surface area contributed by atoms with Crippen LogP contribution in [0.2, 0.25) is 0 Å². The van der Waals surface area contributed by atoms with E-state index in [0.29, 0.717) is 11.3 Å². The topological polar surface area (TPSA) is 102 Å². The Bertz CT molecular complexity index is 1140. The minimum atomic E-state index is -0.637. The molecule has 34 heavy (non-hydrogen) atoms. The summed E-state index contributed by atoms with van der Waals surface area (Å²) in [6.07, 6.45) is 1.23. The molecule has 1 heterocycles. The number of esters is 1. The molecule has 3 amide bonds. The number of benzene rings is 2. The number of carbonyl (C=O) groups is 4. The first kappa shape index (κ1) is 25.0. The fraction of sp³-hybridized carbons (Fsp3) is 0.280. The van der Waals surface area contributed by atoms with E-state index < -0.39 is 23.7 Å². The van der Waals surface area contributed by atoms with Crippen LogP contribution in [0.1, 0.15) is 30.5 Å². The van der Waals surface area contributed by atoms with Gasteiger partial charge in [-0.1, -0.05) is 29.8 Å². The van der Waals surface area contributed by atoms with Crippen molar-refractivity contribution in [3.8, 4) is 5.75 Å². The molecule has 3 rings (SSSR count). The summed E-state index contributed by atoms with van der Waals surface area (Å²) in [5.41, 5.74) is 3.49. The van der Waals surface area contributed by atoms with Gasteiger partial charge >= 0.3 is 5.97 Å². The molecule has 1 N–H and O–H groups in total. The van der Waals surface area contributed by atoms with Gasteiger partial charge in [-0.15, -0.1) is 0 Å². The Morgan fingerprint density at radius 3 is 2.44 bits per heavy atom. The van der Waals surface area contributed by atoms with Crippen LogP contribution in [-0.4, -0.2) is 47.2 Å². The molecule has 0 spiro atoms. The summed E-state index contributed by atoms with van der Waals surface area (Å²) in [6, 6.07) is 12.5. The molecule has 1 saturated heterocycles. The number of rotatable bonds is 8. The Balaban J connectivity index is 1.55. The number of imide groups is 1. The number of thioether (sulfide) groups is 1. The normalized spacial score (nSPS) is 14.6. The van der Waals surface area contributed by atoms with Gasteiger partial charge in [-0.2, -0.15) is 0 Å². The number of amides is 3. The zero-order valence-electron chi connectivity index (χ0n) is 19.4. The highest BCUT2D eigenvalue weighted by atomic mass is 32.2. The number of ether oxygens (including phenoxy) is 2. The SMILES string of the molecule is Cc1ccc(NC(=O)COc2ccc(/C=C3\SC(=O)N(CC(=O)OC(C)C)C3=O)cc2)c(C)c1.